The largest absolute Gasteiger partial charge is 0.481 e. The van der Waals surface area contributed by atoms with Gasteiger partial charge in [-0.3, -0.25) is 4.79 Å². The zero-order valence-electron chi connectivity index (χ0n) is 10.0. The van der Waals surface area contributed by atoms with E-state index in [0.717, 1.165) is 16.8 Å². The number of carboxylic acids is 1. The highest BCUT2D eigenvalue weighted by atomic mass is 35.5. The molecule has 0 aliphatic carbocycles. The lowest BCUT2D eigenvalue weighted by molar-refractivity contribution is -0.136. The summed E-state index contributed by atoms with van der Waals surface area (Å²) in [6.45, 7) is 3.93. The fraction of sp³-hybridized carbons (Fsp3) is 0.250. The van der Waals surface area contributed by atoms with Crippen LogP contribution in [0.5, 0.6) is 0 Å². The number of hydrogen-bond acceptors (Lipinski definition) is 3. The van der Waals surface area contributed by atoms with E-state index < -0.39 is 5.97 Å². The first-order valence-corrected chi connectivity index (χ1v) is 5.75. The Kier molecular flexibility index (Phi) is 3.34. The highest BCUT2D eigenvalue weighted by Crippen LogP contribution is 2.19. The summed E-state index contributed by atoms with van der Waals surface area (Å²) in [6, 6.07) is 5.84. The molecule has 5 nitrogen and oxygen atoms in total. The maximum atomic E-state index is 10.8. The summed E-state index contributed by atoms with van der Waals surface area (Å²) in [5.41, 5.74) is 3.29. The molecule has 1 N–H and O–H groups in total. The molecule has 1 aromatic heterocycles. The van der Waals surface area contributed by atoms with E-state index in [1.54, 1.807) is 0 Å². The molecule has 1 heterocycles. The van der Waals surface area contributed by atoms with Crippen molar-refractivity contribution in [3.8, 4) is 5.69 Å². The number of aliphatic carboxylic acids is 1. The number of aryl methyl sites for hydroxylation is 2. The van der Waals surface area contributed by atoms with Gasteiger partial charge >= 0.3 is 5.97 Å². The van der Waals surface area contributed by atoms with Crippen LogP contribution in [0.4, 0.5) is 0 Å². The molecule has 0 aliphatic heterocycles. The maximum Gasteiger partial charge on any atom is 0.309 e. The minimum atomic E-state index is -0.968. The van der Waals surface area contributed by atoms with Gasteiger partial charge in [-0.15, -0.1) is 5.10 Å². The number of aromatic nitrogens is 3. The van der Waals surface area contributed by atoms with Gasteiger partial charge in [0.05, 0.1) is 17.8 Å². The van der Waals surface area contributed by atoms with Crippen molar-refractivity contribution in [2.45, 2.75) is 20.3 Å². The van der Waals surface area contributed by atoms with Crippen LogP contribution >= 0.6 is 11.6 Å². The van der Waals surface area contributed by atoms with Crippen LogP contribution in [0.15, 0.2) is 18.2 Å². The molecular weight excluding hydrogens is 254 g/mol. The molecule has 2 aromatic rings. The summed E-state index contributed by atoms with van der Waals surface area (Å²) in [4.78, 5) is 10.8. The predicted octanol–water partition coefficient (Wildman–Crippen LogP) is 2.16. The van der Waals surface area contributed by atoms with Gasteiger partial charge in [-0.2, -0.15) is 0 Å². The Balaban J connectivity index is 2.53. The van der Waals surface area contributed by atoms with E-state index in [9.17, 15) is 4.79 Å². The molecule has 0 atom stereocenters. The smallest absolute Gasteiger partial charge is 0.309 e. The first-order chi connectivity index (χ1) is 8.47. The number of nitrogens with zero attached hydrogens (tertiary/aromatic N) is 3. The van der Waals surface area contributed by atoms with Gasteiger partial charge in [0.25, 0.3) is 0 Å². The highest BCUT2D eigenvalue weighted by molar-refractivity contribution is 6.30. The van der Waals surface area contributed by atoms with Gasteiger partial charge < -0.3 is 5.11 Å². The van der Waals surface area contributed by atoms with Crippen LogP contribution in [0.1, 0.15) is 16.8 Å². The number of carbonyl (C=O) groups is 1. The van der Waals surface area contributed by atoms with Crippen LogP contribution in [-0.2, 0) is 11.2 Å². The molecule has 0 saturated heterocycles. The third-order valence-corrected chi connectivity index (χ3v) is 2.78. The predicted molar refractivity (Wildman–Crippen MR) is 67.2 cm³/mol. The molecule has 18 heavy (non-hydrogen) atoms. The second-order valence-electron chi connectivity index (χ2n) is 4.16. The van der Waals surface area contributed by atoms with Gasteiger partial charge in [0, 0.05) is 0 Å². The molecule has 6 heteroatoms. The number of halogens is 1. The fourth-order valence-electron chi connectivity index (χ4n) is 1.85. The maximum absolute atomic E-state index is 10.8. The monoisotopic (exact) mass is 265 g/mol. The molecular formula is C12H12ClN3O2. The van der Waals surface area contributed by atoms with Gasteiger partial charge in [0.1, 0.15) is 0 Å². The number of carboxylic acid groups (broad SMARTS) is 1. The molecule has 0 radical (unpaired) electrons. The van der Waals surface area contributed by atoms with Crippen molar-refractivity contribution < 1.29 is 9.90 Å². The van der Waals surface area contributed by atoms with E-state index in [1.165, 1.54) is 4.68 Å². The number of benzene rings is 1. The van der Waals surface area contributed by atoms with E-state index in [2.05, 4.69) is 10.3 Å². The molecule has 0 saturated carbocycles. The Morgan fingerprint density at radius 3 is 2.50 bits per heavy atom. The van der Waals surface area contributed by atoms with Crippen LogP contribution in [0.3, 0.4) is 0 Å². The molecule has 0 aliphatic rings. The molecule has 94 valence electrons. The molecule has 2 rings (SSSR count). The number of rotatable bonds is 3. The first-order valence-electron chi connectivity index (χ1n) is 5.38. The van der Waals surface area contributed by atoms with Crippen LogP contribution in [0, 0.1) is 13.8 Å². The average Bonchev–Trinajstić information content (AvgIpc) is 2.58. The highest BCUT2D eigenvalue weighted by Gasteiger charge is 2.16. The summed E-state index contributed by atoms with van der Waals surface area (Å²) < 4.78 is 1.47. The van der Waals surface area contributed by atoms with Crippen LogP contribution in [0.25, 0.3) is 5.69 Å². The lowest BCUT2D eigenvalue weighted by Crippen LogP contribution is -2.08. The van der Waals surface area contributed by atoms with Crippen molar-refractivity contribution in [1.82, 2.24) is 15.0 Å². The van der Waals surface area contributed by atoms with E-state index in [0.29, 0.717) is 5.69 Å². The van der Waals surface area contributed by atoms with Crippen molar-refractivity contribution in [3.05, 3.63) is 40.2 Å². The lowest BCUT2D eigenvalue weighted by atomic mass is 10.1. The van der Waals surface area contributed by atoms with E-state index in [1.807, 2.05) is 32.0 Å². The van der Waals surface area contributed by atoms with Crippen molar-refractivity contribution in [2.24, 2.45) is 0 Å². The molecule has 0 unspecified atom stereocenters. The van der Waals surface area contributed by atoms with Crippen molar-refractivity contribution in [1.29, 1.82) is 0 Å². The Hall–Kier alpha value is -1.88. The van der Waals surface area contributed by atoms with Gasteiger partial charge in [-0.25, -0.2) is 4.68 Å². The molecule has 0 spiro atoms. The summed E-state index contributed by atoms with van der Waals surface area (Å²) in [6.07, 6.45) is -0.210. The normalized spacial score (nSPS) is 10.6. The Morgan fingerprint density at radius 2 is 1.94 bits per heavy atom. The number of hydrogen-bond donors (Lipinski definition) is 1. The minimum absolute atomic E-state index is 0.122. The van der Waals surface area contributed by atoms with E-state index >= 15 is 0 Å². The van der Waals surface area contributed by atoms with Crippen molar-refractivity contribution >= 4 is 17.6 Å². The van der Waals surface area contributed by atoms with Crippen LogP contribution < -0.4 is 0 Å². The molecule has 1 aromatic carbocycles. The average molecular weight is 266 g/mol. The lowest BCUT2D eigenvalue weighted by Gasteiger charge is -2.07. The molecule has 0 amide bonds. The Bertz CT molecular complexity index is 587. The molecule has 0 fully saturated rings. The second-order valence-corrected chi connectivity index (χ2v) is 4.51. The Labute approximate surface area is 109 Å². The van der Waals surface area contributed by atoms with E-state index in [4.69, 9.17) is 16.7 Å². The first kappa shape index (κ1) is 12.6. The summed E-state index contributed by atoms with van der Waals surface area (Å²) >= 11 is 5.86. The zero-order chi connectivity index (χ0) is 13.3. The summed E-state index contributed by atoms with van der Waals surface area (Å²) in [5, 5.41) is 16.6. The van der Waals surface area contributed by atoms with Gasteiger partial charge in [0.15, 0.2) is 5.15 Å². The summed E-state index contributed by atoms with van der Waals surface area (Å²) in [7, 11) is 0. The third kappa shape index (κ3) is 2.51. The van der Waals surface area contributed by atoms with Crippen LogP contribution in [-0.4, -0.2) is 26.1 Å². The van der Waals surface area contributed by atoms with Crippen LogP contribution in [0.2, 0.25) is 5.15 Å². The SMILES string of the molecule is Cc1cc(C)cc(-n2nnc(Cl)c2CC(=O)O)c1. The van der Waals surface area contributed by atoms with Gasteiger partial charge in [-0.1, -0.05) is 22.9 Å². The second kappa shape index (κ2) is 4.78. The van der Waals surface area contributed by atoms with Gasteiger partial charge in [0.2, 0.25) is 0 Å². The van der Waals surface area contributed by atoms with Crippen molar-refractivity contribution in [2.75, 3.05) is 0 Å². The quantitative estimate of drug-likeness (QED) is 0.923. The topological polar surface area (TPSA) is 68.0 Å². The van der Waals surface area contributed by atoms with Gasteiger partial charge in [-0.05, 0) is 37.1 Å². The Morgan fingerprint density at radius 1 is 1.33 bits per heavy atom. The summed E-state index contributed by atoms with van der Waals surface area (Å²) in [5.74, 6) is -0.968. The minimum Gasteiger partial charge on any atom is -0.481 e. The van der Waals surface area contributed by atoms with Crippen molar-refractivity contribution in [3.63, 3.8) is 0 Å². The third-order valence-electron chi connectivity index (χ3n) is 2.49. The molecule has 0 bridgehead atoms. The zero-order valence-corrected chi connectivity index (χ0v) is 10.8. The fourth-order valence-corrected chi connectivity index (χ4v) is 2.04. The van der Waals surface area contributed by atoms with E-state index in [-0.39, 0.29) is 11.6 Å². The standard InChI is InChI=1S/C12H12ClN3O2/c1-7-3-8(2)5-9(4-7)16-10(6-11(17)18)12(13)14-15-16/h3-5H,6H2,1-2H3,(H,17,18).